The Bertz CT molecular complexity index is 1390. The van der Waals surface area contributed by atoms with E-state index in [2.05, 4.69) is 5.87 Å². The summed E-state index contributed by atoms with van der Waals surface area (Å²) in [5, 5.41) is 5.45. The first-order valence-electron chi connectivity index (χ1n) is 12.6. The number of rotatable bonds is 6. The summed E-state index contributed by atoms with van der Waals surface area (Å²) in [5.41, 5.74) is -0.619. The van der Waals surface area contributed by atoms with Gasteiger partial charge in [0.1, 0.15) is 4.90 Å². The van der Waals surface area contributed by atoms with Crippen LogP contribution >= 0.6 is 0 Å². The molecule has 4 rings (SSSR count). The molecule has 0 radical (unpaired) electrons. The number of nitrogens with two attached hydrogens (primary N) is 1. The third-order valence-electron chi connectivity index (χ3n) is 7.90. The number of alkyl halides is 3. The molecule has 1 aromatic carbocycles. The highest BCUT2D eigenvalue weighted by atomic mass is 32.2. The summed E-state index contributed by atoms with van der Waals surface area (Å²) in [6, 6.07) is 5.05. The fourth-order valence-electron chi connectivity index (χ4n) is 5.95. The van der Waals surface area contributed by atoms with Gasteiger partial charge < -0.3 is 4.57 Å². The van der Waals surface area contributed by atoms with Gasteiger partial charge in [-0.3, -0.25) is 0 Å². The lowest BCUT2D eigenvalue weighted by Crippen LogP contribution is -2.43. The molecule has 0 spiro atoms. The van der Waals surface area contributed by atoms with Gasteiger partial charge in [-0.25, -0.2) is 22.1 Å². The fraction of sp³-hybridized carbons (Fsp3) is 0.577. The summed E-state index contributed by atoms with van der Waals surface area (Å²) in [5.74, 6) is 4.09. The van der Waals surface area contributed by atoms with Crippen molar-refractivity contribution >= 4 is 25.6 Å². The SMILES string of the molecule is C=S(=O)(c1ccc(-c2cc(S(N)(=O)=O)c(C)n2CC2CCCCC2)cc1C(F)(F)F)N1CCCC1(C)C. The molecule has 6 nitrogen and oxygen atoms in total. The standard InChI is InChI=1S/C26H36F3N3O3S2/c1-18-24(37(30,34)35)16-22(31(18)17-19-9-6-5-7-10-19)20-11-12-23(21(15-20)26(27,28)29)36(4,33)32-14-8-13-25(32,2)3/h11-12,15-16,19H,4-10,13-14,17H2,1-3H3,(H2,30,34,35). The third-order valence-corrected chi connectivity index (χ3v) is 11.4. The lowest BCUT2D eigenvalue weighted by Gasteiger charge is -2.35. The van der Waals surface area contributed by atoms with Crippen LogP contribution in [0.4, 0.5) is 13.2 Å². The lowest BCUT2D eigenvalue weighted by molar-refractivity contribution is -0.139. The average molecular weight is 560 g/mol. The maximum atomic E-state index is 14.4. The van der Waals surface area contributed by atoms with Crippen molar-refractivity contribution in [3.63, 3.8) is 0 Å². The van der Waals surface area contributed by atoms with Crippen molar-refractivity contribution in [1.82, 2.24) is 8.87 Å². The highest BCUT2D eigenvalue weighted by Gasteiger charge is 2.42. The molecule has 0 bridgehead atoms. The van der Waals surface area contributed by atoms with Crippen LogP contribution in [0.3, 0.4) is 0 Å². The highest BCUT2D eigenvalue weighted by molar-refractivity contribution is 7.98. The van der Waals surface area contributed by atoms with Crippen LogP contribution in [-0.4, -0.2) is 39.5 Å². The zero-order chi connectivity index (χ0) is 27.4. The molecule has 206 valence electrons. The van der Waals surface area contributed by atoms with Gasteiger partial charge >= 0.3 is 6.18 Å². The summed E-state index contributed by atoms with van der Waals surface area (Å²) >= 11 is 0. The molecule has 1 saturated heterocycles. The molecule has 37 heavy (non-hydrogen) atoms. The predicted octanol–water partition coefficient (Wildman–Crippen LogP) is 5.57. The van der Waals surface area contributed by atoms with Gasteiger partial charge in [-0.1, -0.05) is 25.3 Å². The Morgan fingerprint density at radius 2 is 1.70 bits per heavy atom. The second-order valence-corrected chi connectivity index (χ2v) is 14.7. The van der Waals surface area contributed by atoms with Gasteiger partial charge in [0.2, 0.25) is 10.0 Å². The molecular weight excluding hydrogens is 523 g/mol. The summed E-state index contributed by atoms with van der Waals surface area (Å²) in [6.45, 7) is 6.25. The molecule has 2 heterocycles. The zero-order valence-corrected chi connectivity index (χ0v) is 23.2. The molecule has 1 unspecified atom stereocenters. The molecule has 1 aliphatic carbocycles. The largest absolute Gasteiger partial charge is 0.417 e. The Kier molecular flexibility index (Phi) is 7.42. The van der Waals surface area contributed by atoms with Gasteiger partial charge in [-0.05, 0) is 82.0 Å². The molecule has 1 aromatic heterocycles. The molecule has 2 fully saturated rings. The monoisotopic (exact) mass is 559 g/mol. The number of hydrogen-bond acceptors (Lipinski definition) is 3. The first-order valence-corrected chi connectivity index (χ1v) is 15.9. The van der Waals surface area contributed by atoms with E-state index in [0.29, 0.717) is 36.8 Å². The van der Waals surface area contributed by atoms with Crippen LogP contribution in [-0.2, 0) is 32.5 Å². The molecule has 2 N–H and O–H groups in total. The smallest absolute Gasteiger partial charge is 0.343 e. The van der Waals surface area contributed by atoms with E-state index in [1.165, 1.54) is 18.2 Å². The van der Waals surface area contributed by atoms with Crippen LogP contribution < -0.4 is 5.14 Å². The molecule has 2 aliphatic rings. The van der Waals surface area contributed by atoms with Gasteiger partial charge in [-0.2, -0.15) is 13.2 Å². The zero-order valence-electron chi connectivity index (χ0n) is 21.6. The number of nitrogens with zero attached hydrogens (tertiary/aromatic N) is 2. The van der Waals surface area contributed by atoms with Crippen LogP contribution in [0.1, 0.15) is 70.1 Å². The minimum Gasteiger partial charge on any atom is -0.343 e. The van der Waals surface area contributed by atoms with Gasteiger partial charge in [0.25, 0.3) is 0 Å². The number of benzene rings is 1. The quantitative estimate of drug-likeness (QED) is 0.469. The normalized spacial score (nSPS) is 21.3. The second-order valence-electron chi connectivity index (χ2n) is 11.0. The lowest BCUT2D eigenvalue weighted by atomic mass is 9.89. The van der Waals surface area contributed by atoms with E-state index in [0.717, 1.165) is 44.6 Å². The Labute approximate surface area is 218 Å². The van der Waals surface area contributed by atoms with Crippen LogP contribution in [0.25, 0.3) is 11.3 Å². The maximum Gasteiger partial charge on any atom is 0.417 e. The van der Waals surface area contributed by atoms with Crippen molar-refractivity contribution in [3.8, 4) is 11.3 Å². The first kappa shape index (κ1) is 28.2. The Morgan fingerprint density at radius 3 is 2.24 bits per heavy atom. The van der Waals surface area contributed by atoms with Crippen molar-refractivity contribution < 1.29 is 25.8 Å². The Hall–Kier alpha value is -1.82. The van der Waals surface area contributed by atoms with E-state index in [-0.39, 0.29) is 15.4 Å². The average Bonchev–Trinajstić information content (AvgIpc) is 3.32. The Balaban J connectivity index is 1.87. The van der Waals surface area contributed by atoms with Crippen LogP contribution in [0.2, 0.25) is 0 Å². The molecule has 11 heteroatoms. The van der Waals surface area contributed by atoms with Crippen molar-refractivity contribution in [2.45, 2.75) is 93.8 Å². The first-order chi connectivity index (χ1) is 17.0. The van der Waals surface area contributed by atoms with E-state index in [9.17, 15) is 25.8 Å². The minimum atomic E-state index is -4.78. The van der Waals surface area contributed by atoms with Crippen molar-refractivity contribution in [2.75, 3.05) is 6.54 Å². The summed E-state index contributed by atoms with van der Waals surface area (Å²) < 4.78 is 85.0. The number of hydrogen-bond donors (Lipinski definition) is 1. The molecule has 1 aliphatic heterocycles. The highest BCUT2D eigenvalue weighted by Crippen LogP contribution is 2.42. The predicted molar refractivity (Wildman–Crippen MR) is 141 cm³/mol. The summed E-state index contributed by atoms with van der Waals surface area (Å²) in [7, 11) is -7.51. The van der Waals surface area contributed by atoms with Gasteiger partial charge in [0.15, 0.2) is 0 Å². The van der Waals surface area contributed by atoms with E-state index in [1.54, 1.807) is 15.8 Å². The number of aromatic nitrogens is 1. The fourth-order valence-corrected chi connectivity index (χ4v) is 9.10. The van der Waals surface area contributed by atoms with E-state index >= 15 is 0 Å². The van der Waals surface area contributed by atoms with Crippen molar-refractivity contribution in [3.05, 3.63) is 35.5 Å². The second kappa shape index (κ2) is 9.73. The van der Waals surface area contributed by atoms with Gasteiger partial charge in [0, 0.05) is 30.0 Å². The van der Waals surface area contributed by atoms with Crippen molar-refractivity contribution in [2.24, 2.45) is 11.1 Å². The van der Waals surface area contributed by atoms with Crippen molar-refractivity contribution in [1.29, 1.82) is 0 Å². The molecular formula is C26H36F3N3O3S2. The van der Waals surface area contributed by atoms with Gasteiger partial charge in [0.05, 0.1) is 20.2 Å². The molecule has 2 aromatic rings. The number of sulfonamides is 1. The molecule has 1 saturated carbocycles. The maximum absolute atomic E-state index is 14.4. The van der Waals surface area contributed by atoms with Crippen LogP contribution in [0, 0.1) is 12.8 Å². The minimum absolute atomic E-state index is 0.101. The number of primary sulfonamides is 1. The third kappa shape index (κ3) is 5.51. The van der Waals surface area contributed by atoms with Crippen LogP contribution in [0.15, 0.2) is 34.1 Å². The molecule has 1 atom stereocenters. The Morgan fingerprint density at radius 1 is 1.05 bits per heavy atom. The number of halogens is 3. The van der Waals surface area contributed by atoms with E-state index < -0.39 is 37.0 Å². The van der Waals surface area contributed by atoms with Gasteiger partial charge in [-0.15, -0.1) is 0 Å². The van der Waals surface area contributed by atoms with Crippen LogP contribution in [0.5, 0.6) is 0 Å². The summed E-state index contributed by atoms with van der Waals surface area (Å²) in [4.78, 5) is -0.455. The van der Waals surface area contributed by atoms with E-state index in [4.69, 9.17) is 5.14 Å². The molecule has 0 amide bonds. The van der Waals surface area contributed by atoms with E-state index in [1.807, 2.05) is 13.8 Å². The topological polar surface area (TPSA) is 85.4 Å². The summed E-state index contributed by atoms with van der Waals surface area (Å²) in [6.07, 6.45) is 1.89.